The average molecular weight is 845 g/mol. The van der Waals surface area contributed by atoms with Crippen LogP contribution in [0.3, 0.4) is 0 Å². The molecule has 0 unspecified atom stereocenters. The standard InChI is InChI=1S/C17H25BO4.C13H11BrF3NO.C12H11ClO/c1-15(2,14(19)20-7)12-9-8-10-13(11-12)18-21-16(3,4)17(5,6)22-18;14-10-3-1-9(2-4-10)7-18-8-11-5-6-12(19-11)13(15,16)17;1-8-6-7-9-4-2-3-5-10(9)11(8)12(13)14/h8-11H,1-7H3;1-6,18H,7-8H2;2-5H,6-7H2,1H3. The summed E-state index contributed by atoms with van der Waals surface area (Å²) in [5.41, 5.74) is 5.40. The van der Waals surface area contributed by atoms with Crippen LogP contribution in [0.4, 0.5) is 13.2 Å². The Morgan fingerprint density at radius 1 is 0.891 bits per heavy atom. The SMILES string of the molecule is CC1=C(C(=O)Cl)c2ccccc2CC1.COC(=O)C(C)(C)c1cccc(B2OC(C)(C)C(C)(C)O2)c1.FC(F)(F)c1ccc(CNCc2ccc(Br)cc2)o1. The van der Waals surface area contributed by atoms with Crippen molar-refractivity contribution in [3.63, 3.8) is 0 Å². The number of aryl methyl sites for hydroxylation is 1. The molecular formula is C42H47BBrClF3NO6. The highest BCUT2D eigenvalue weighted by Gasteiger charge is 2.52. The first-order chi connectivity index (χ1) is 25.7. The van der Waals surface area contributed by atoms with Crippen LogP contribution >= 0.6 is 27.5 Å². The quantitative estimate of drug-likeness (QED) is 0.107. The fourth-order valence-corrected chi connectivity index (χ4v) is 6.44. The van der Waals surface area contributed by atoms with Crippen molar-refractivity contribution < 1.29 is 41.2 Å². The normalized spacial score (nSPS) is 16.0. The molecule has 1 aliphatic carbocycles. The molecule has 6 rings (SSSR count). The highest BCUT2D eigenvalue weighted by atomic mass is 79.9. The molecule has 2 aliphatic rings. The Hall–Kier alpha value is -3.68. The van der Waals surface area contributed by atoms with Crippen molar-refractivity contribution >= 4 is 56.9 Å². The van der Waals surface area contributed by atoms with Gasteiger partial charge in [0.25, 0.3) is 5.24 Å². The maximum Gasteiger partial charge on any atom is 0.494 e. The summed E-state index contributed by atoms with van der Waals surface area (Å²) in [5, 5.41) is 2.69. The summed E-state index contributed by atoms with van der Waals surface area (Å²) in [6.07, 6.45) is -2.48. The number of rotatable bonds is 8. The molecular weight excluding hydrogens is 798 g/mol. The number of esters is 1. The van der Waals surface area contributed by atoms with Crippen LogP contribution in [0.2, 0.25) is 0 Å². The van der Waals surface area contributed by atoms with Crippen LogP contribution in [0.5, 0.6) is 0 Å². The number of methoxy groups -OCH3 is 1. The monoisotopic (exact) mass is 843 g/mol. The molecule has 0 spiro atoms. The van der Waals surface area contributed by atoms with E-state index >= 15 is 0 Å². The number of ether oxygens (including phenoxy) is 1. The molecule has 0 saturated carbocycles. The molecule has 55 heavy (non-hydrogen) atoms. The van der Waals surface area contributed by atoms with E-state index in [4.69, 9.17) is 30.1 Å². The van der Waals surface area contributed by atoms with E-state index in [0.29, 0.717) is 12.1 Å². The number of allylic oxidation sites excluding steroid dienone is 2. The minimum Gasteiger partial charge on any atom is -0.468 e. The van der Waals surface area contributed by atoms with Gasteiger partial charge in [0, 0.05) is 16.6 Å². The lowest BCUT2D eigenvalue weighted by Crippen LogP contribution is -2.41. The molecule has 1 fully saturated rings. The van der Waals surface area contributed by atoms with Crippen LogP contribution < -0.4 is 10.8 Å². The number of furan rings is 1. The molecule has 294 valence electrons. The summed E-state index contributed by atoms with van der Waals surface area (Å²) in [7, 11) is 0.973. The fraction of sp³-hybridized carbons (Fsp3) is 0.381. The topological polar surface area (TPSA) is 87.0 Å². The van der Waals surface area contributed by atoms with Crippen LogP contribution in [0.25, 0.3) is 5.57 Å². The van der Waals surface area contributed by atoms with Gasteiger partial charge in [-0.3, -0.25) is 9.59 Å². The fourth-order valence-electron chi connectivity index (χ4n) is 5.92. The number of fused-ring (bicyclic) bond motifs is 1. The Kier molecular flexibility index (Phi) is 14.5. The summed E-state index contributed by atoms with van der Waals surface area (Å²) in [4.78, 5) is 23.3. The first kappa shape index (κ1) is 44.0. The predicted octanol–water partition coefficient (Wildman–Crippen LogP) is 9.96. The molecule has 2 heterocycles. The van der Waals surface area contributed by atoms with E-state index in [1.54, 1.807) is 0 Å². The Morgan fingerprint density at radius 3 is 2.11 bits per heavy atom. The van der Waals surface area contributed by atoms with Crippen LogP contribution in [0.1, 0.15) is 88.7 Å². The average Bonchev–Trinajstić information content (AvgIpc) is 3.70. The molecule has 0 amide bonds. The smallest absolute Gasteiger partial charge is 0.468 e. The molecule has 0 atom stereocenters. The molecule has 1 N–H and O–H groups in total. The van der Waals surface area contributed by atoms with Gasteiger partial charge in [-0.1, -0.05) is 82.2 Å². The molecule has 1 aromatic heterocycles. The maximum atomic E-state index is 12.3. The summed E-state index contributed by atoms with van der Waals surface area (Å²) >= 11 is 8.91. The van der Waals surface area contributed by atoms with Crippen molar-refractivity contribution in [2.24, 2.45) is 0 Å². The van der Waals surface area contributed by atoms with E-state index in [1.165, 1.54) is 18.7 Å². The Morgan fingerprint density at radius 2 is 1.53 bits per heavy atom. The van der Waals surface area contributed by atoms with Gasteiger partial charge in [0.1, 0.15) is 5.76 Å². The van der Waals surface area contributed by atoms with Crippen LogP contribution in [0.15, 0.2) is 99.4 Å². The minimum absolute atomic E-state index is 0.256. The number of nitrogens with one attached hydrogen (secondary N) is 1. The number of benzene rings is 3. The predicted molar refractivity (Wildman–Crippen MR) is 214 cm³/mol. The number of carbonyl (C=O) groups excluding carboxylic acids is 2. The van der Waals surface area contributed by atoms with Crippen molar-refractivity contribution in [2.75, 3.05) is 7.11 Å². The molecule has 1 saturated heterocycles. The third kappa shape index (κ3) is 11.2. The zero-order valence-electron chi connectivity index (χ0n) is 32.3. The van der Waals surface area contributed by atoms with E-state index < -0.39 is 24.5 Å². The second kappa shape index (κ2) is 18.1. The van der Waals surface area contributed by atoms with Crippen LogP contribution in [-0.2, 0) is 54.7 Å². The van der Waals surface area contributed by atoms with Gasteiger partial charge in [0.15, 0.2) is 0 Å². The second-order valence-corrected chi connectivity index (χ2v) is 16.2. The van der Waals surface area contributed by atoms with Crippen molar-refractivity contribution in [3.8, 4) is 0 Å². The summed E-state index contributed by atoms with van der Waals surface area (Å²) in [6.45, 7) is 14.6. The highest BCUT2D eigenvalue weighted by molar-refractivity contribution is 9.10. The molecule has 4 aromatic rings. The molecule has 3 aromatic carbocycles. The summed E-state index contributed by atoms with van der Waals surface area (Å²) in [5.74, 6) is -0.962. The number of carbonyl (C=O) groups is 2. The summed E-state index contributed by atoms with van der Waals surface area (Å²) < 4.78 is 59.6. The van der Waals surface area contributed by atoms with Gasteiger partial charge < -0.3 is 23.8 Å². The lowest BCUT2D eigenvalue weighted by atomic mass is 9.75. The Bertz CT molecular complexity index is 1980. The van der Waals surface area contributed by atoms with Gasteiger partial charge in [-0.15, -0.1) is 0 Å². The van der Waals surface area contributed by atoms with Gasteiger partial charge >= 0.3 is 19.3 Å². The van der Waals surface area contributed by atoms with E-state index in [2.05, 4.69) is 27.3 Å². The number of alkyl halides is 3. The van der Waals surface area contributed by atoms with Gasteiger partial charge in [0.2, 0.25) is 5.76 Å². The first-order valence-corrected chi connectivity index (χ1v) is 19.0. The largest absolute Gasteiger partial charge is 0.494 e. The Balaban J connectivity index is 0.000000188. The van der Waals surface area contributed by atoms with Crippen molar-refractivity contribution in [1.82, 2.24) is 5.32 Å². The molecule has 13 heteroatoms. The first-order valence-electron chi connectivity index (χ1n) is 17.8. The zero-order valence-corrected chi connectivity index (χ0v) is 34.7. The molecule has 7 nitrogen and oxygen atoms in total. The van der Waals surface area contributed by atoms with Crippen molar-refractivity contribution in [3.05, 3.63) is 129 Å². The van der Waals surface area contributed by atoms with Gasteiger partial charge in [-0.2, -0.15) is 13.2 Å². The highest BCUT2D eigenvalue weighted by Crippen LogP contribution is 2.37. The third-order valence-electron chi connectivity index (χ3n) is 9.99. The Labute approximate surface area is 335 Å². The lowest BCUT2D eigenvalue weighted by molar-refractivity contribution is -0.153. The number of hydrogen-bond acceptors (Lipinski definition) is 7. The molecule has 0 radical (unpaired) electrons. The van der Waals surface area contributed by atoms with Gasteiger partial charge in [-0.05, 0) is 125 Å². The summed E-state index contributed by atoms with van der Waals surface area (Å²) in [6, 6.07) is 25.7. The molecule has 0 bridgehead atoms. The van der Waals surface area contributed by atoms with Crippen LogP contribution in [-0.4, -0.2) is 36.6 Å². The van der Waals surface area contributed by atoms with E-state index in [-0.39, 0.29) is 34.7 Å². The number of hydrogen-bond donors (Lipinski definition) is 1. The van der Waals surface area contributed by atoms with E-state index in [1.807, 2.05) is 115 Å². The minimum atomic E-state index is -4.43. The third-order valence-corrected chi connectivity index (χ3v) is 10.7. The number of halogens is 5. The maximum absolute atomic E-state index is 12.3. The molecule has 1 aliphatic heterocycles. The zero-order chi connectivity index (χ0) is 40.8. The van der Waals surface area contributed by atoms with E-state index in [0.717, 1.165) is 51.1 Å². The second-order valence-electron chi connectivity index (χ2n) is 14.9. The van der Waals surface area contributed by atoms with Crippen molar-refractivity contribution in [1.29, 1.82) is 0 Å². The lowest BCUT2D eigenvalue weighted by Gasteiger charge is -2.32. The van der Waals surface area contributed by atoms with Crippen LogP contribution in [0, 0.1) is 0 Å². The van der Waals surface area contributed by atoms with Crippen molar-refractivity contribution in [2.45, 2.75) is 97.2 Å². The van der Waals surface area contributed by atoms with E-state index in [9.17, 15) is 22.8 Å². The van der Waals surface area contributed by atoms with Gasteiger partial charge in [0.05, 0.1) is 30.3 Å². The van der Waals surface area contributed by atoms with Gasteiger partial charge in [-0.25, -0.2) is 0 Å².